The number of hydrogen-bond acceptors (Lipinski definition) is 4. The third-order valence-corrected chi connectivity index (χ3v) is 4.76. The smallest absolute Gasteiger partial charge is 0.321 e. The second kappa shape index (κ2) is 7.25. The molecule has 1 aliphatic rings. The highest BCUT2D eigenvalue weighted by Gasteiger charge is 2.31. The number of nitrogens with one attached hydrogen (secondary N) is 1. The van der Waals surface area contributed by atoms with Crippen LogP contribution in [-0.2, 0) is 15.8 Å². The Morgan fingerprint density at radius 3 is 2.27 bits per heavy atom. The highest BCUT2D eigenvalue weighted by Crippen LogP contribution is 2.33. The van der Waals surface area contributed by atoms with Gasteiger partial charge in [0.1, 0.15) is 0 Å². The van der Waals surface area contributed by atoms with E-state index in [9.17, 15) is 27.6 Å². The topological polar surface area (TPSA) is 79.4 Å². The molecule has 1 N–H and O–H groups in total. The van der Waals surface area contributed by atoms with E-state index in [1.165, 1.54) is 42.6 Å². The Morgan fingerprint density at radius 2 is 1.63 bits per heavy atom. The standard InChI is InChI=1S/C21H14F3N3O3/c22-21(23,24)13-3-6-16-15(11-13)17(9-10-25-16)26-20(30)12-1-4-14(5-2-12)27-18(28)7-8-19(27)29/h1-6,9-11H,7-8H2,(H,25,26,30). The van der Waals surface area contributed by atoms with Crippen LogP contribution < -0.4 is 10.2 Å². The van der Waals surface area contributed by atoms with Gasteiger partial charge in [-0.2, -0.15) is 13.2 Å². The lowest BCUT2D eigenvalue weighted by Crippen LogP contribution is -2.28. The molecule has 0 spiro atoms. The highest BCUT2D eigenvalue weighted by atomic mass is 19.4. The Kier molecular flexibility index (Phi) is 4.73. The SMILES string of the molecule is O=C(Nc1ccnc2ccc(C(F)(F)F)cc12)c1ccc(N2C(=O)CCC2=O)cc1. The number of amides is 3. The summed E-state index contributed by atoms with van der Waals surface area (Å²) in [5.41, 5.74) is 0.230. The van der Waals surface area contributed by atoms with Crippen LogP contribution in [0.5, 0.6) is 0 Å². The van der Waals surface area contributed by atoms with Crippen molar-refractivity contribution in [3.8, 4) is 0 Å². The first-order chi connectivity index (χ1) is 14.2. The number of benzene rings is 2. The Bertz CT molecular complexity index is 1160. The number of anilines is 2. The van der Waals surface area contributed by atoms with E-state index < -0.39 is 17.6 Å². The molecule has 3 aromatic rings. The Balaban J connectivity index is 1.60. The van der Waals surface area contributed by atoms with Gasteiger partial charge in [0.15, 0.2) is 0 Å². The van der Waals surface area contributed by atoms with Crippen molar-refractivity contribution in [3.63, 3.8) is 0 Å². The minimum absolute atomic E-state index is 0.149. The van der Waals surface area contributed by atoms with E-state index in [1.54, 1.807) is 0 Å². The number of rotatable bonds is 3. The molecule has 0 atom stereocenters. The van der Waals surface area contributed by atoms with Crippen molar-refractivity contribution in [1.29, 1.82) is 0 Å². The maximum Gasteiger partial charge on any atom is 0.416 e. The third-order valence-electron chi connectivity index (χ3n) is 4.76. The lowest BCUT2D eigenvalue weighted by molar-refractivity contribution is -0.137. The van der Waals surface area contributed by atoms with Crippen molar-refractivity contribution in [3.05, 3.63) is 65.9 Å². The van der Waals surface area contributed by atoms with Crippen molar-refractivity contribution in [2.75, 3.05) is 10.2 Å². The van der Waals surface area contributed by atoms with Crippen LogP contribution in [0.3, 0.4) is 0 Å². The summed E-state index contributed by atoms with van der Waals surface area (Å²) >= 11 is 0. The zero-order chi connectivity index (χ0) is 21.5. The molecule has 1 aliphatic heterocycles. The minimum atomic E-state index is -4.52. The number of fused-ring (bicyclic) bond motifs is 1. The van der Waals surface area contributed by atoms with Crippen molar-refractivity contribution in [2.24, 2.45) is 0 Å². The number of halogens is 3. The number of carbonyl (C=O) groups excluding carboxylic acids is 3. The van der Waals surface area contributed by atoms with E-state index in [1.807, 2.05) is 0 Å². The summed E-state index contributed by atoms with van der Waals surface area (Å²) in [7, 11) is 0. The zero-order valence-corrected chi connectivity index (χ0v) is 15.4. The van der Waals surface area contributed by atoms with Gasteiger partial charge in [-0.15, -0.1) is 0 Å². The highest BCUT2D eigenvalue weighted by molar-refractivity contribution is 6.20. The van der Waals surface area contributed by atoms with Gasteiger partial charge in [0, 0.05) is 30.0 Å². The van der Waals surface area contributed by atoms with Crippen LogP contribution >= 0.6 is 0 Å². The van der Waals surface area contributed by atoms with Crippen LogP contribution in [0.25, 0.3) is 10.9 Å². The van der Waals surface area contributed by atoms with Crippen LogP contribution in [0, 0.1) is 0 Å². The summed E-state index contributed by atoms with van der Waals surface area (Å²) in [4.78, 5) is 41.3. The second-order valence-electron chi connectivity index (χ2n) is 6.71. The summed E-state index contributed by atoms with van der Waals surface area (Å²) in [5.74, 6) is -1.16. The lowest BCUT2D eigenvalue weighted by Gasteiger charge is -2.14. The maximum atomic E-state index is 13.0. The van der Waals surface area contributed by atoms with E-state index >= 15 is 0 Å². The fourth-order valence-electron chi connectivity index (χ4n) is 3.25. The lowest BCUT2D eigenvalue weighted by atomic mass is 10.1. The number of imide groups is 1. The monoisotopic (exact) mass is 413 g/mol. The molecule has 1 aromatic heterocycles. The van der Waals surface area contributed by atoms with Gasteiger partial charge in [-0.05, 0) is 48.5 Å². The van der Waals surface area contributed by atoms with Crippen LogP contribution in [0.1, 0.15) is 28.8 Å². The molecule has 2 aromatic carbocycles. The van der Waals surface area contributed by atoms with E-state index in [4.69, 9.17) is 0 Å². The summed E-state index contributed by atoms with van der Waals surface area (Å²) in [6, 6.07) is 10.3. The van der Waals surface area contributed by atoms with E-state index in [0.717, 1.165) is 17.0 Å². The molecule has 9 heteroatoms. The number of nitrogens with zero attached hydrogens (tertiary/aromatic N) is 2. The molecule has 0 radical (unpaired) electrons. The molecule has 3 amide bonds. The largest absolute Gasteiger partial charge is 0.416 e. The molecule has 2 heterocycles. The van der Waals surface area contributed by atoms with Crippen molar-refractivity contribution < 1.29 is 27.6 Å². The molecule has 30 heavy (non-hydrogen) atoms. The minimum Gasteiger partial charge on any atom is -0.321 e. The van der Waals surface area contributed by atoms with Crippen molar-refractivity contribution in [2.45, 2.75) is 19.0 Å². The van der Waals surface area contributed by atoms with E-state index in [-0.39, 0.29) is 41.3 Å². The molecule has 6 nitrogen and oxygen atoms in total. The number of hydrogen-bond donors (Lipinski definition) is 1. The van der Waals surface area contributed by atoms with Gasteiger partial charge < -0.3 is 5.32 Å². The molecule has 1 saturated heterocycles. The summed E-state index contributed by atoms with van der Waals surface area (Å²) in [6.45, 7) is 0. The van der Waals surface area contributed by atoms with Gasteiger partial charge in [-0.25, -0.2) is 0 Å². The molecule has 4 rings (SSSR count). The molecule has 0 unspecified atom stereocenters. The number of carbonyl (C=O) groups is 3. The number of pyridine rings is 1. The van der Waals surface area contributed by atoms with Crippen molar-refractivity contribution >= 4 is 40.0 Å². The van der Waals surface area contributed by atoms with Gasteiger partial charge in [-0.3, -0.25) is 24.3 Å². The fraction of sp³-hybridized carbons (Fsp3) is 0.143. The van der Waals surface area contributed by atoms with Gasteiger partial charge in [0.05, 0.1) is 22.5 Å². The third kappa shape index (κ3) is 3.61. The predicted molar refractivity (Wildman–Crippen MR) is 103 cm³/mol. The number of aromatic nitrogens is 1. The maximum absolute atomic E-state index is 13.0. The van der Waals surface area contributed by atoms with Crippen molar-refractivity contribution in [1.82, 2.24) is 4.98 Å². The van der Waals surface area contributed by atoms with Gasteiger partial charge in [0.2, 0.25) is 11.8 Å². The van der Waals surface area contributed by atoms with Crippen LogP contribution in [0.2, 0.25) is 0 Å². The molecule has 0 saturated carbocycles. The van der Waals surface area contributed by atoms with Crippen LogP contribution in [0.15, 0.2) is 54.7 Å². The fourth-order valence-corrected chi connectivity index (χ4v) is 3.25. The van der Waals surface area contributed by atoms with Crippen LogP contribution in [0.4, 0.5) is 24.5 Å². The van der Waals surface area contributed by atoms with Gasteiger partial charge in [-0.1, -0.05) is 0 Å². The molecule has 152 valence electrons. The summed E-state index contributed by atoms with van der Waals surface area (Å²) in [6.07, 6.45) is -2.84. The first-order valence-corrected chi connectivity index (χ1v) is 8.97. The Labute approximate surface area is 168 Å². The van der Waals surface area contributed by atoms with Gasteiger partial charge >= 0.3 is 6.18 Å². The average molecular weight is 413 g/mol. The molecular weight excluding hydrogens is 399 g/mol. The average Bonchev–Trinajstić information content (AvgIpc) is 3.05. The molecule has 0 aliphatic carbocycles. The van der Waals surface area contributed by atoms with E-state index in [2.05, 4.69) is 10.3 Å². The van der Waals surface area contributed by atoms with Crippen LogP contribution in [-0.4, -0.2) is 22.7 Å². The summed E-state index contributed by atoms with van der Waals surface area (Å²) < 4.78 is 39.1. The normalized spacial score (nSPS) is 14.4. The zero-order valence-electron chi connectivity index (χ0n) is 15.4. The van der Waals surface area contributed by atoms with Gasteiger partial charge in [0.25, 0.3) is 5.91 Å². The number of alkyl halides is 3. The predicted octanol–water partition coefficient (Wildman–Crippen LogP) is 4.16. The quantitative estimate of drug-likeness (QED) is 0.654. The molecular formula is C21H14F3N3O3. The Hall–Kier alpha value is -3.75. The first kappa shape index (κ1) is 19.6. The summed E-state index contributed by atoms with van der Waals surface area (Å²) in [5, 5.41) is 2.75. The first-order valence-electron chi connectivity index (χ1n) is 8.97. The van der Waals surface area contributed by atoms with E-state index in [0.29, 0.717) is 11.2 Å². The molecule has 0 bridgehead atoms. The molecule has 1 fully saturated rings. The second-order valence-corrected chi connectivity index (χ2v) is 6.71. The Morgan fingerprint density at radius 1 is 0.967 bits per heavy atom.